The minimum absolute atomic E-state index is 0.199. The highest BCUT2D eigenvalue weighted by Crippen LogP contribution is 2.17. The summed E-state index contributed by atoms with van der Waals surface area (Å²) in [4.78, 5) is 22.5. The van der Waals surface area contributed by atoms with Crippen LogP contribution in [-0.2, 0) is 20.1 Å². The van der Waals surface area contributed by atoms with Crippen molar-refractivity contribution in [1.29, 1.82) is 0 Å². The molecule has 3 N–H and O–H groups in total. The van der Waals surface area contributed by atoms with Gasteiger partial charge in [-0.05, 0) is 24.6 Å². The predicted molar refractivity (Wildman–Crippen MR) is 81.5 cm³/mol. The van der Waals surface area contributed by atoms with Gasteiger partial charge in [0.1, 0.15) is 0 Å². The molecule has 0 unspecified atom stereocenters. The van der Waals surface area contributed by atoms with Crippen LogP contribution in [0.5, 0.6) is 0 Å². The standard InChI is InChI=1S/C14H20N2O3S/c1-10(15)14(18)16-12-5-3-4-11(8-12)9-20-7-6-13(17)19-2/h3-5,8,10H,6-7,9,15H2,1-2H3,(H,16,18)/t10-/m1/s1. The topological polar surface area (TPSA) is 81.4 Å². The van der Waals surface area contributed by atoms with Gasteiger partial charge in [-0.2, -0.15) is 11.8 Å². The number of carbonyl (C=O) groups is 2. The summed E-state index contributed by atoms with van der Waals surface area (Å²) in [5.41, 5.74) is 7.32. The highest BCUT2D eigenvalue weighted by atomic mass is 32.2. The number of esters is 1. The Balaban J connectivity index is 2.43. The van der Waals surface area contributed by atoms with E-state index in [0.29, 0.717) is 12.2 Å². The number of nitrogens with two attached hydrogens (primary N) is 1. The van der Waals surface area contributed by atoms with Crippen LogP contribution in [0.25, 0.3) is 0 Å². The van der Waals surface area contributed by atoms with Crippen molar-refractivity contribution in [2.24, 2.45) is 5.73 Å². The van der Waals surface area contributed by atoms with E-state index in [1.807, 2.05) is 24.3 Å². The molecule has 0 aromatic heterocycles. The van der Waals surface area contributed by atoms with Crippen molar-refractivity contribution < 1.29 is 14.3 Å². The number of benzene rings is 1. The van der Waals surface area contributed by atoms with E-state index < -0.39 is 6.04 Å². The Morgan fingerprint density at radius 3 is 2.85 bits per heavy atom. The third-order valence-electron chi connectivity index (χ3n) is 2.56. The molecule has 1 rings (SSSR count). The molecule has 5 nitrogen and oxygen atoms in total. The van der Waals surface area contributed by atoms with Gasteiger partial charge in [0.05, 0.1) is 19.6 Å². The van der Waals surface area contributed by atoms with Gasteiger partial charge < -0.3 is 15.8 Å². The lowest BCUT2D eigenvalue weighted by Crippen LogP contribution is -2.32. The van der Waals surface area contributed by atoms with Gasteiger partial charge in [0, 0.05) is 17.2 Å². The van der Waals surface area contributed by atoms with Gasteiger partial charge >= 0.3 is 5.97 Å². The Kier molecular flexibility index (Phi) is 7.11. The zero-order valence-corrected chi connectivity index (χ0v) is 12.5. The summed E-state index contributed by atoms with van der Waals surface area (Å²) in [5.74, 6) is 1.08. The first kappa shape index (κ1) is 16.5. The van der Waals surface area contributed by atoms with E-state index >= 15 is 0 Å². The van der Waals surface area contributed by atoms with Crippen LogP contribution < -0.4 is 11.1 Å². The van der Waals surface area contributed by atoms with Crippen molar-refractivity contribution in [3.8, 4) is 0 Å². The maximum absolute atomic E-state index is 11.5. The van der Waals surface area contributed by atoms with E-state index in [1.165, 1.54) is 7.11 Å². The van der Waals surface area contributed by atoms with Crippen LogP contribution >= 0.6 is 11.8 Å². The van der Waals surface area contributed by atoms with Crippen LogP contribution in [-0.4, -0.2) is 30.8 Å². The molecule has 0 heterocycles. The summed E-state index contributed by atoms with van der Waals surface area (Å²) in [5, 5.41) is 2.75. The smallest absolute Gasteiger partial charge is 0.306 e. The minimum atomic E-state index is -0.534. The lowest BCUT2D eigenvalue weighted by Gasteiger charge is -2.09. The zero-order chi connectivity index (χ0) is 15.0. The van der Waals surface area contributed by atoms with Crippen LogP contribution in [0.3, 0.4) is 0 Å². The second-order valence-electron chi connectivity index (χ2n) is 4.36. The molecule has 1 atom stereocenters. The molecular weight excluding hydrogens is 276 g/mol. The van der Waals surface area contributed by atoms with Gasteiger partial charge in [0.15, 0.2) is 0 Å². The molecule has 1 aromatic rings. The Labute approximate surface area is 123 Å². The molecule has 1 amide bonds. The third kappa shape index (κ3) is 6.08. The number of thioether (sulfide) groups is 1. The second kappa shape index (κ2) is 8.60. The van der Waals surface area contributed by atoms with Crippen molar-refractivity contribution in [1.82, 2.24) is 0 Å². The average molecular weight is 296 g/mol. The Bertz CT molecular complexity index is 463. The molecule has 0 bridgehead atoms. The summed E-state index contributed by atoms with van der Waals surface area (Å²) in [6, 6.07) is 7.06. The van der Waals surface area contributed by atoms with E-state index in [-0.39, 0.29) is 11.9 Å². The fourth-order valence-electron chi connectivity index (χ4n) is 1.44. The molecule has 0 aliphatic heterocycles. The summed E-state index contributed by atoms with van der Waals surface area (Å²) in [6.45, 7) is 1.64. The SMILES string of the molecule is COC(=O)CCSCc1cccc(NC(=O)[C@@H](C)N)c1. The van der Waals surface area contributed by atoms with Crippen LogP contribution in [0.15, 0.2) is 24.3 Å². The molecule has 0 aliphatic carbocycles. The molecular formula is C14H20N2O3S. The Morgan fingerprint density at radius 2 is 2.20 bits per heavy atom. The van der Waals surface area contributed by atoms with E-state index in [0.717, 1.165) is 17.0 Å². The lowest BCUT2D eigenvalue weighted by atomic mass is 10.2. The van der Waals surface area contributed by atoms with E-state index in [1.54, 1.807) is 18.7 Å². The van der Waals surface area contributed by atoms with Gasteiger partial charge in [0.2, 0.25) is 5.91 Å². The third-order valence-corrected chi connectivity index (χ3v) is 3.59. The number of methoxy groups -OCH3 is 1. The van der Waals surface area contributed by atoms with E-state index in [2.05, 4.69) is 10.1 Å². The van der Waals surface area contributed by atoms with Crippen LogP contribution in [0.2, 0.25) is 0 Å². The van der Waals surface area contributed by atoms with Crippen LogP contribution in [0, 0.1) is 0 Å². The van der Waals surface area contributed by atoms with Crippen molar-refractivity contribution in [3.05, 3.63) is 29.8 Å². The highest BCUT2D eigenvalue weighted by Gasteiger charge is 2.07. The molecule has 0 saturated heterocycles. The lowest BCUT2D eigenvalue weighted by molar-refractivity contribution is -0.140. The number of carbonyl (C=O) groups excluding carboxylic acids is 2. The Hall–Kier alpha value is -1.53. The van der Waals surface area contributed by atoms with Crippen molar-refractivity contribution in [2.45, 2.75) is 25.1 Å². The molecule has 1 aromatic carbocycles. The fourth-order valence-corrected chi connectivity index (χ4v) is 2.31. The highest BCUT2D eigenvalue weighted by molar-refractivity contribution is 7.98. The monoisotopic (exact) mass is 296 g/mol. The van der Waals surface area contributed by atoms with E-state index in [4.69, 9.17) is 5.73 Å². The first-order valence-corrected chi connectivity index (χ1v) is 7.48. The maximum atomic E-state index is 11.5. The molecule has 0 aliphatic rings. The molecule has 0 radical (unpaired) electrons. The molecule has 0 saturated carbocycles. The Morgan fingerprint density at radius 1 is 1.45 bits per heavy atom. The quantitative estimate of drug-likeness (QED) is 0.592. The maximum Gasteiger partial charge on any atom is 0.306 e. The normalized spacial score (nSPS) is 11.8. The van der Waals surface area contributed by atoms with Gasteiger partial charge in [-0.1, -0.05) is 12.1 Å². The minimum Gasteiger partial charge on any atom is -0.469 e. The number of rotatable bonds is 7. The van der Waals surface area contributed by atoms with Gasteiger partial charge in [0.25, 0.3) is 0 Å². The number of nitrogens with one attached hydrogen (secondary N) is 1. The molecule has 20 heavy (non-hydrogen) atoms. The average Bonchev–Trinajstić information content (AvgIpc) is 2.43. The van der Waals surface area contributed by atoms with Crippen molar-refractivity contribution in [2.75, 3.05) is 18.2 Å². The number of hydrogen-bond donors (Lipinski definition) is 2. The van der Waals surface area contributed by atoms with Crippen LogP contribution in [0.4, 0.5) is 5.69 Å². The number of anilines is 1. The first-order chi connectivity index (χ1) is 9.52. The van der Waals surface area contributed by atoms with Gasteiger partial charge in [-0.25, -0.2) is 0 Å². The fraction of sp³-hybridized carbons (Fsp3) is 0.429. The molecule has 6 heteroatoms. The zero-order valence-electron chi connectivity index (χ0n) is 11.7. The number of amides is 1. The summed E-state index contributed by atoms with van der Waals surface area (Å²) in [7, 11) is 1.39. The number of hydrogen-bond acceptors (Lipinski definition) is 5. The summed E-state index contributed by atoms with van der Waals surface area (Å²) in [6.07, 6.45) is 0.405. The molecule has 0 spiro atoms. The second-order valence-corrected chi connectivity index (χ2v) is 5.46. The van der Waals surface area contributed by atoms with Crippen molar-refractivity contribution >= 4 is 29.3 Å². The summed E-state index contributed by atoms with van der Waals surface area (Å²) < 4.78 is 4.58. The molecule has 0 fully saturated rings. The van der Waals surface area contributed by atoms with Gasteiger partial charge in [-0.3, -0.25) is 9.59 Å². The summed E-state index contributed by atoms with van der Waals surface area (Å²) >= 11 is 1.65. The largest absolute Gasteiger partial charge is 0.469 e. The van der Waals surface area contributed by atoms with Crippen molar-refractivity contribution in [3.63, 3.8) is 0 Å². The first-order valence-electron chi connectivity index (χ1n) is 6.33. The predicted octanol–water partition coefficient (Wildman–Crippen LogP) is 1.77. The molecule has 110 valence electrons. The van der Waals surface area contributed by atoms with E-state index in [9.17, 15) is 9.59 Å². The van der Waals surface area contributed by atoms with Crippen LogP contribution in [0.1, 0.15) is 18.9 Å². The number of ether oxygens (including phenoxy) is 1. The van der Waals surface area contributed by atoms with Gasteiger partial charge in [-0.15, -0.1) is 0 Å².